The number of aromatic nitrogens is 2. The van der Waals surface area contributed by atoms with Gasteiger partial charge in [-0.1, -0.05) is 27.5 Å². The zero-order valence-electron chi connectivity index (χ0n) is 10.1. The maximum absolute atomic E-state index is 6.20. The smallest absolute Gasteiger partial charge is 0.112 e. The summed E-state index contributed by atoms with van der Waals surface area (Å²) >= 11 is 13.0. The van der Waals surface area contributed by atoms with E-state index in [0.717, 1.165) is 31.4 Å². The first-order chi connectivity index (χ1) is 9.63. The van der Waals surface area contributed by atoms with Crippen molar-refractivity contribution in [1.29, 1.82) is 0 Å². The van der Waals surface area contributed by atoms with Gasteiger partial charge in [0.1, 0.15) is 5.52 Å². The highest BCUT2D eigenvalue weighted by molar-refractivity contribution is 9.10. The molecule has 0 radical (unpaired) electrons. The van der Waals surface area contributed by atoms with Gasteiger partial charge < -0.3 is 5.32 Å². The molecule has 100 valence electrons. The number of benzene rings is 1. The first kappa shape index (κ1) is 13.8. The fourth-order valence-electron chi connectivity index (χ4n) is 1.84. The van der Waals surface area contributed by atoms with Crippen LogP contribution in [0.3, 0.4) is 0 Å². The number of fused-ring (bicyclic) bond motifs is 1. The molecule has 2 aromatic heterocycles. The van der Waals surface area contributed by atoms with Crippen LogP contribution in [0, 0.1) is 0 Å². The maximum atomic E-state index is 6.20. The Bertz CT molecular complexity index is 792. The summed E-state index contributed by atoms with van der Waals surface area (Å²) in [5.41, 5.74) is 3.29. The SMILES string of the molecule is Clc1ccc(Br)cc1Nc1ccnc2cc(Br)cnc12. The van der Waals surface area contributed by atoms with Gasteiger partial charge >= 0.3 is 0 Å². The monoisotopic (exact) mass is 411 g/mol. The summed E-state index contributed by atoms with van der Waals surface area (Å²) < 4.78 is 1.86. The molecule has 0 fully saturated rings. The predicted molar refractivity (Wildman–Crippen MR) is 89.7 cm³/mol. The van der Waals surface area contributed by atoms with Crippen molar-refractivity contribution in [2.24, 2.45) is 0 Å². The third-order valence-electron chi connectivity index (χ3n) is 2.74. The van der Waals surface area contributed by atoms with E-state index in [4.69, 9.17) is 11.6 Å². The molecule has 0 atom stereocenters. The van der Waals surface area contributed by atoms with E-state index in [2.05, 4.69) is 47.1 Å². The van der Waals surface area contributed by atoms with Gasteiger partial charge in [0.05, 0.1) is 21.9 Å². The van der Waals surface area contributed by atoms with Crippen LogP contribution in [0.4, 0.5) is 11.4 Å². The number of hydrogen-bond acceptors (Lipinski definition) is 3. The molecule has 0 aliphatic rings. The standard InChI is InChI=1S/C14H8Br2ClN3/c15-8-1-2-10(17)12(5-8)20-11-3-4-18-13-6-9(16)7-19-14(11)13/h1-7H,(H,18,20). The van der Waals surface area contributed by atoms with E-state index >= 15 is 0 Å². The second kappa shape index (κ2) is 5.68. The number of anilines is 2. The van der Waals surface area contributed by atoms with Crippen molar-refractivity contribution < 1.29 is 0 Å². The zero-order chi connectivity index (χ0) is 14.1. The Kier molecular flexibility index (Phi) is 3.92. The van der Waals surface area contributed by atoms with Gasteiger partial charge in [-0.15, -0.1) is 0 Å². The molecule has 0 spiro atoms. The normalized spacial score (nSPS) is 10.8. The van der Waals surface area contributed by atoms with Crippen LogP contribution in [0.5, 0.6) is 0 Å². The summed E-state index contributed by atoms with van der Waals surface area (Å²) in [5.74, 6) is 0. The van der Waals surface area contributed by atoms with Gasteiger partial charge in [0.15, 0.2) is 0 Å². The molecule has 3 nitrogen and oxygen atoms in total. The molecule has 1 aromatic carbocycles. The summed E-state index contributed by atoms with van der Waals surface area (Å²) in [5, 5.41) is 3.94. The van der Waals surface area contributed by atoms with Gasteiger partial charge in [0.2, 0.25) is 0 Å². The van der Waals surface area contributed by atoms with Crippen molar-refractivity contribution in [3.63, 3.8) is 0 Å². The van der Waals surface area contributed by atoms with Crippen molar-refractivity contribution in [2.75, 3.05) is 5.32 Å². The number of rotatable bonds is 2. The van der Waals surface area contributed by atoms with Crippen LogP contribution in [0.25, 0.3) is 11.0 Å². The lowest BCUT2D eigenvalue weighted by atomic mass is 10.2. The van der Waals surface area contributed by atoms with E-state index in [0.29, 0.717) is 5.02 Å². The van der Waals surface area contributed by atoms with E-state index in [1.165, 1.54) is 0 Å². The van der Waals surface area contributed by atoms with Crippen LogP contribution in [0.1, 0.15) is 0 Å². The number of halogens is 3. The Morgan fingerprint density at radius 3 is 2.65 bits per heavy atom. The molecular weight excluding hydrogens is 405 g/mol. The Balaban J connectivity index is 2.09. The molecule has 3 rings (SSSR count). The Labute approximate surface area is 137 Å². The molecule has 20 heavy (non-hydrogen) atoms. The number of nitrogens with zero attached hydrogens (tertiary/aromatic N) is 2. The Morgan fingerprint density at radius 2 is 1.80 bits per heavy atom. The fraction of sp³-hybridized carbons (Fsp3) is 0. The summed E-state index contributed by atoms with van der Waals surface area (Å²) in [4.78, 5) is 8.71. The first-order valence-corrected chi connectivity index (χ1v) is 7.72. The van der Waals surface area contributed by atoms with E-state index in [1.54, 1.807) is 12.4 Å². The van der Waals surface area contributed by atoms with Crippen LogP contribution >= 0.6 is 43.5 Å². The average Bonchev–Trinajstić information content (AvgIpc) is 2.43. The second-order valence-corrected chi connectivity index (χ2v) is 6.37. The zero-order valence-corrected chi connectivity index (χ0v) is 14.0. The van der Waals surface area contributed by atoms with Crippen LogP contribution in [-0.2, 0) is 0 Å². The summed E-state index contributed by atoms with van der Waals surface area (Å²) in [6.07, 6.45) is 3.49. The molecule has 0 aliphatic heterocycles. The van der Waals surface area contributed by atoms with Crippen LogP contribution in [-0.4, -0.2) is 9.97 Å². The van der Waals surface area contributed by atoms with E-state index < -0.39 is 0 Å². The first-order valence-electron chi connectivity index (χ1n) is 5.76. The molecule has 6 heteroatoms. The highest BCUT2D eigenvalue weighted by Gasteiger charge is 2.07. The number of hydrogen-bond donors (Lipinski definition) is 1. The molecular formula is C14H8Br2ClN3. The van der Waals surface area contributed by atoms with Crippen molar-refractivity contribution in [3.8, 4) is 0 Å². The van der Waals surface area contributed by atoms with Crippen LogP contribution in [0.15, 0.2) is 51.7 Å². The summed E-state index contributed by atoms with van der Waals surface area (Å²) in [6, 6.07) is 9.46. The average molecular weight is 414 g/mol. The lowest BCUT2D eigenvalue weighted by Gasteiger charge is -2.10. The van der Waals surface area contributed by atoms with Gasteiger partial charge in [-0.25, -0.2) is 0 Å². The van der Waals surface area contributed by atoms with Gasteiger partial charge in [-0.2, -0.15) is 0 Å². The Morgan fingerprint density at radius 1 is 0.950 bits per heavy atom. The minimum atomic E-state index is 0.648. The minimum Gasteiger partial charge on any atom is -0.352 e. The number of pyridine rings is 2. The lowest BCUT2D eigenvalue weighted by Crippen LogP contribution is -1.95. The molecule has 2 heterocycles. The van der Waals surface area contributed by atoms with Crippen molar-refractivity contribution in [3.05, 3.63) is 56.7 Å². The third kappa shape index (κ3) is 2.80. The molecule has 0 aliphatic carbocycles. The topological polar surface area (TPSA) is 37.8 Å². The van der Waals surface area contributed by atoms with Gasteiger partial charge in [-0.05, 0) is 46.3 Å². The quantitative estimate of drug-likeness (QED) is 0.598. The highest BCUT2D eigenvalue weighted by Crippen LogP contribution is 2.31. The molecule has 3 aromatic rings. The van der Waals surface area contributed by atoms with E-state index in [1.807, 2.05) is 30.3 Å². The molecule has 1 N–H and O–H groups in total. The third-order valence-corrected chi connectivity index (χ3v) is 4.00. The van der Waals surface area contributed by atoms with Gasteiger partial charge in [0.25, 0.3) is 0 Å². The molecule has 0 unspecified atom stereocenters. The number of nitrogens with one attached hydrogen (secondary N) is 1. The van der Waals surface area contributed by atoms with E-state index in [-0.39, 0.29) is 0 Å². The van der Waals surface area contributed by atoms with E-state index in [9.17, 15) is 0 Å². The summed E-state index contributed by atoms with van der Waals surface area (Å²) in [7, 11) is 0. The van der Waals surface area contributed by atoms with Crippen molar-refractivity contribution in [2.45, 2.75) is 0 Å². The molecule has 0 amide bonds. The molecule has 0 saturated carbocycles. The predicted octanol–water partition coefficient (Wildman–Crippen LogP) is 5.55. The fourth-order valence-corrected chi connectivity index (χ4v) is 2.69. The van der Waals surface area contributed by atoms with Gasteiger partial charge in [-0.3, -0.25) is 9.97 Å². The largest absolute Gasteiger partial charge is 0.352 e. The minimum absolute atomic E-state index is 0.648. The van der Waals surface area contributed by atoms with Crippen molar-refractivity contribution in [1.82, 2.24) is 9.97 Å². The second-order valence-electron chi connectivity index (χ2n) is 4.13. The summed E-state index contributed by atoms with van der Waals surface area (Å²) in [6.45, 7) is 0. The molecule has 0 saturated heterocycles. The van der Waals surface area contributed by atoms with Crippen LogP contribution < -0.4 is 5.32 Å². The highest BCUT2D eigenvalue weighted by atomic mass is 79.9. The molecule has 0 bridgehead atoms. The van der Waals surface area contributed by atoms with Gasteiger partial charge in [0, 0.05) is 21.3 Å². The van der Waals surface area contributed by atoms with Crippen LogP contribution in [0.2, 0.25) is 5.02 Å². The lowest BCUT2D eigenvalue weighted by molar-refractivity contribution is 1.32. The Hall–Kier alpha value is -1.17. The van der Waals surface area contributed by atoms with Crippen molar-refractivity contribution >= 4 is 65.9 Å². The maximum Gasteiger partial charge on any atom is 0.112 e.